The summed E-state index contributed by atoms with van der Waals surface area (Å²) in [4.78, 5) is 5.73. The molecule has 1 atom stereocenters. The molecule has 3 rings (SSSR count). The number of hydrogen-bond acceptors (Lipinski definition) is 5. The lowest BCUT2D eigenvalue weighted by Crippen LogP contribution is -2.17. The van der Waals surface area contributed by atoms with Gasteiger partial charge < -0.3 is 14.5 Å². The van der Waals surface area contributed by atoms with Gasteiger partial charge in [0.2, 0.25) is 0 Å². The molecule has 0 saturated carbocycles. The second kappa shape index (κ2) is 5.64. The molecule has 0 aliphatic rings. The van der Waals surface area contributed by atoms with Crippen molar-refractivity contribution in [3.63, 3.8) is 0 Å². The van der Waals surface area contributed by atoms with Crippen molar-refractivity contribution < 1.29 is 9.15 Å². The molecule has 104 valence electrons. The first-order chi connectivity index (χ1) is 9.80. The predicted octanol–water partition coefficient (Wildman–Crippen LogP) is 3.40. The highest BCUT2D eigenvalue weighted by atomic mass is 32.1. The molecule has 4 nitrogen and oxygen atoms in total. The third-order valence-electron chi connectivity index (χ3n) is 3.24. The summed E-state index contributed by atoms with van der Waals surface area (Å²) in [5.74, 6) is 1.64. The van der Waals surface area contributed by atoms with Gasteiger partial charge >= 0.3 is 0 Å². The zero-order chi connectivity index (χ0) is 13.9. The highest BCUT2D eigenvalue weighted by Gasteiger charge is 2.16. The molecule has 1 N–H and O–H groups in total. The van der Waals surface area contributed by atoms with Crippen LogP contribution in [-0.2, 0) is 6.42 Å². The fraction of sp³-hybridized carbons (Fsp3) is 0.267. The summed E-state index contributed by atoms with van der Waals surface area (Å²) in [6, 6.07) is 10.1. The van der Waals surface area contributed by atoms with Crippen LogP contribution in [0.1, 0.15) is 16.8 Å². The van der Waals surface area contributed by atoms with Gasteiger partial charge in [-0.15, -0.1) is 11.3 Å². The second-order valence-corrected chi connectivity index (χ2v) is 5.45. The van der Waals surface area contributed by atoms with Gasteiger partial charge in [0.25, 0.3) is 0 Å². The van der Waals surface area contributed by atoms with Crippen LogP contribution in [-0.4, -0.2) is 19.1 Å². The van der Waals surface area contributed by atoms with Crippen LogP contribution < -0.4 is 10.1 Å². The zero-order valence-corrected chi connectivity index (χ0v) is 12.2. The number of rotatable bonds is 5. The Balaban J connectivity index is 1.83. The van der Waals surface area contributed by atoms with Crippen molar-refractivity contribution in [2.24, 2.45) is 0 Å². The van der Waals surface area contributed by atoms with Crippen LogP contribution in [0.4, 0.5) is 0 Å². The minimum Gasteiger partial charge on any atom is -0.496 e. The lowest BCUT2D eigenvalue weighted by molar-refractivity contribution is 0.415. The number of para-hydroxylation sites is 2. The summed E-state index contributed by atoms with van der Waals surface area (Å²) >= 11 is 1.68. The summed E-state index contributed by atoms with van der Waals surface area (Å²) in [6.07, 6.45) is 0.717. The van der Waals surface area contributed by atoms with Crippen molar-refractivity contribution >= 4 is 22.4 Å². The van der Waals surface area contributed by atoms with Crippen LogP contribution in [0.3, 0.4) is 0 Å². The highest BCUT2D eigenvalue weighted by molar-refractivity contribution is 7.10. The molecule has 0 aliphatic heterocycles. The molecule has 0 amide bonds. The number of thiophene rings is 1. The number of aromatic nitrogens is 1. The maximum Gasteiger partial charge on any atom is 0.197 e. The van der Waals surface area contributed by atoms with Crippen LogP contribution in [0.5, 0.6) is 5.75 Å². The fourth-order valence-electron chi connectivity index (χ4n) is 2.15. The highest BCUT2D eigenvalue weighted by Crippen LogP contribution is 2.29. The van der Waals surface area contributed by atoms with E-state index >= 15 is 0 Å². The SMILES string of the molecule is CNC(Cc1nc2ccccc2o1)c1cc(OC)cs1. The van der Waals surface area contributed by atoms with Crippen molar-refractivity contribution in [2.75, 3.05) is 14.2 Å². The number of methoxy groups -OCH3 is 1. The quantitative estimate of drug-likeness (QED) is 0.781. The Kier molecular flexibility index (Phi) is 3.71. The van der Waals surface area contributed by atoms with E-state index in [1.807, 2.05) is 36.7 Å². The standard InChI is InChI=1S/C15H16N2O2S/c1-16-12(14-7-10(18-2)9-20-14)8-15-17-11-5-3-4-6-13(11)19-15/h3-7,9,12,16H,8H2,1-2H3. The van der Waals surface area contributed by atoms with Gasteiger partial charge in [-0.1, -0.05) is 12.1 Å². The number of ether oxygens (including phenoxy) is 1. The van der Waals surface area contributed by atoms with E-state index in [1.54, 1.807) is 18.4 Å². The average molecular weight is 288 g/mol. The Hall–Kier alpha value is -1.85. The first-order valence-electron chi connectivity index (χ1n) is 6.44. The van der Waals surface area contributed by atoms with E-state index in [4.69, 9.17) is 9.15 Å². The van der Waals surface area contributed by atoms with E-state index in [9.17, 15) is 0 Å². The van der Waals surface area contributed by atoms with Gasteiger partial charge in [0.15, 0.2) is 11.5 Å². The van der Waals surface area contributed by atoms with Crippen LogP contribution in [0.25, 0.3) is 11.1 Å². The molecule has 1 unspecified atom stereocenters. The number of fused-ring (bicyclic) bond motifs is 1. The number of oxazole rings is 1. The van der Waals surface area contributed by atoms with Gasteiger partial charge in [0.05, 0.1) is 13.2 Å². The Labute approximate surface area is 121 Å². The number of hydrogen-bond donors (Lipinski definition) is 1. The summed E-state index contributed by atoms with van der Waals surface area (Å²) in [6.45, 7) is 0. The van der Waals surface area contributed by atoms with E-state index < -0.39 is 0 Å². The number of nitrogens with zero attached hydrogens (tertiary/aromatic N) is 1. The normalized spacial score (nSPS) is 12.7. The summed E-state index contributed by atoms with van der Waals surface area (Å²) in [5.41, 5.74) is 1.74. The molecule has 0 radical (unpaired) electrons. The van der Waals surface area contributed by atoms with E-state index in [2.05, 4.69) is 16.4 Å². The van der Waals surface area contributed by atoms with Gasteiger partial charge in [0, 0.05) is 16.7 Å². The van der Waals surface area contributed by atoms with Crippen LogP contribution in [0, 0.1) is 0 Å². The van der Waals surface area contributed by atoms with Crippen molar-refractivity contribution in [2.45, 2.75) is 12.5 Å². The molecular weight excluding hydrogens is 272 g/mol. The minimum absolute atomic E-state index is 0.178. The van der Waals surface area contributed by atoms with E-state index in [0.29, 0.717) is 0 Å². The van der Waals surface area contributed by atoms with Crippen LogP contribution in [0.2, 0.25) is 0 Å². The van der Waals surface area contributed by atoms with Gasteiger partial charge in [-0.2, -0.15) is 0 Å². The number of likely N-dealkylation sites (N-methyl/N-ethyl adjacent to an activating group) is 1. The molecular formula is C15H16N2O2S. The molecule has 0 saturated heterocycles. The molecule has 0 fully saturated rings. The lowest BCUT2D eigenvalue weighted by Gasteiger charge is -2.11. The molecule has 5 heteroatoms. The zero-order valence-electron chi connectivity index (χ0n) is 11.4. The molecule has 2 heterocycles. The van der Waals surface area contributed by atoms with Gasteiger partial charge in [0.1, 0.15) is 11.3 Å². The Morgan fingerprint density at radius 1 is 1.40 bits per heavy atom. The molecule has 3 aromatic rings. The van der Waals surface area contributed by atoms with Crippen molar-refractivity contribution in [3.8, 4) is 5.75 Å². The maximum absolute atomic E-state index is 5.78. The predicted molar refractivity (Wildman–Crippen MR) is 80.4 cm³/mol. The van der Waals surface area contributed by atoms with Crippen molar-refractivity contribution in [3.05, 3.63) is 46.5 Å². The van der Waals surface area contributed by atoms with Gasteiger partial charge in [-0.25, -0.2) is 4.98 Å². The smallest absolute Gasteiger partial charge is 0.197 e. The Morgan fingerprint density at radius 3 is 2.95 bits per heavy atom. The van der Waals surface area contributed by atoms with Gasteiger partial charge in [-0.05, 0) is 25.2 Å². The van der Waals surface area contributed by atoms with E-state index in [-0.39, 0.29) is 6.04 Å². The van der Waals surface area contributed by atoms with E-state index in [0.717, 1.165) is 29.2 Å². The monoisotopic (exact) mass is 288 g/mol. The fourth-order valence-corrected chi connectivity index (χ4v) is 3.12. The largest absolute Gasteiger partial charge is 0.496 e. The van der Waals surface area contributed by atoms with Crippen LogP contribution >= 0.6 is 11.3 Å². The Morgan fingerprint density at radius 2 is 2.25 bits per heavy atom. The molecule has 0 aliphatic carbocycles. The topological polar surface area (TPSA) is 47.3 Å². The molecule has 0 spiro atoms. The minimum atomic E-state index is 0.178. The summed E-state index contributed by atoms with van der Waals surface area (Å²) in [5, 5.41) is 5.31. The van der Waals surface area contributed by atoms with Crippen molar-refractivity contribution in [1.29, 1.82) is 0 Å². The number of nitrogens with one attached hydrogen (secondary N) is 1. The lowest BCUT2D eigenvalue weighted by atomic mass is 10.1. The van der Waals surface area contributed by atoms with Crippen LogP contribution in [0.15, 0.2) is 40.1 Å². The molecule has 0 bridgehead atoms. The third kappa shape index (κ3) is 2.55. The van der Waals surface area contributed by atoms with E-state index in [1.165, 1.54) is 4.88 Å². The third-order valence-corrected chi connectivity index (χ3v) is 4.26. The Bertz CT molecular complexity index is 672. The summed E-state index contributed by atoms with van der Waals surface area (Å²) in [7, 11) is 3.63. The maximum atomic E-state index is 5.78. The van der Waals surface area contributed by atoms with Gasteiger partial charge in [-0.3, -0.25) is 0 Å². The number of benzene rings is 1. The molecule has 2 aromatic heterocycles. The van der Waals surface area contributed by atoms with Crippen molar-refractivity contribution in [1.82, 2.24) is 10.3 Å². The summed E-state index contributed by atoms with van der Waals surface area (Å²) < 4.78 is 11.0. The molecule has 20 heavy (non-hydrogen) atoms. The first-order valence-corrected chi connectivity index (χ1v) is 7.32. The molecule has 1 aromatic carbocycles. The average Bonchev–Trinajstić information content (AvgIpc) is 3.10. The first kappa shape index (κ1) is 13.1. The second-order valence-electron chi connectivity index (χ2n) is 4.51.